The number of anilines is 3. The van der Waals surface area contributed by atoms with Crippen molar-refractivity contribution in [3.63, 3.8) is 0 Å². The molecule has 9 heteroatoms. The molecule has 34 heavy (non-hydrogen) atoms. The van der Waals surface area contributed by atoms with Crippen molar-refractivity contribution in [2.24, 2.45) is 0 Å². The number of aromatic nitrogens is 5. The second kappa shape index (κ2) is 10.5. The number of pyridine rings is 1. The van der Waals surface area contributed by atoms with Gasteiger partial charge in [-0.25, -0.2) is 19.9 Å². The molecule has 3 aromatic heterocycles. The molecule has 1 aliphatic rings. The van der Waals surface area contributed by atoms with Crippen molar-refractivity contribution < 1.29 is 0 Å². The third kappa shape index (κ3) is 5.09. The minimum Gasteiger partial charge on any atom is -0.367 e. The molecule has 0 bridgehead atoms. The van der Waals surface area contributed by atoms with Crippen LogP contribution < -0.4 is 15.1 Å². The summed E-state index contributed by atoms with van der Waals surface area (Å²) in [5, 5.41) is 3.54. The lowest BCUT2D eigenvalue weighted by Crippen LogP contribution is -2.47. The quantitative estimate of drug-likeness (QED) is 0.513. The molecule has 0 spiro atoms. The highest BCUT2D eigenvalue weighted by molar-refractivity contribution is 5.85. The molecule has 4 rings (SSSR count). The van der Waals surface area contributed by atoms with Gasteiger partial charge in [-0.3, -0.25) is 9.47 Å². The van der Waals surface area contributed by atoms with Gasteiger partial charge in [-0.1, -0.05) is 6.07 Å². The van der Waals surface area contributed by atoms with Gasteiger partial charge in [-0.2, -0.15) is 0 Å². The number of nitrogens with zero attached hydrogens (tertiary/aromatic N) is 8. The Hall–Kier alpha value is -2.94. The van der Waals surface area contributed by atoms with Gasteiger partial charge in [0.1, 0.15) is 12.1 Å². The highest BCUT2D eigenvalue weighted by Gasteiger charge is 2.26. The third-order valence-electron chi connectivity index (χ3n) is 6.50. The van der Waals surface area contributed by atoms with E-state index in [1.807, 2.05) is 18.3 Å². The second-order valence-electron chi connectivity index (χ2n) is 9.78. The van der Waals surface area contributed by atoms with E-state index in [1.54, 1.807) is 6.33 Å². The number of nitrogens with one attached hydrogen (secondary N) is 1. The minimum absolute atomic E-state index is 0.244. The van der Waals surface area contributed by atoms with E-state index in [1.165, 1.54) is 0 Å². The largest absolute Gasteiger partial charge is 0.367 e. The Morgan fingerprint density at radius 3 is 2.24 bits per heavy atom. The number of piperazine rings is 1. The summed E-state index contributed by atoms with van der Waals surface area (Å²) in [5.41, 5.74) is 1.73. The van der Waals surface area contributed by atoms with Gasteiger partial charge in [0.05, 0.1) is 0 Å². The maximum absolute atomic E-state index is 5.08. The lowest BCUT2D eigenvalue weighted by molar-refractivity contribution is 0.182. The molecule has 1 fully saturated rings. The van der Waals surface area contributed by atoms with Crippen LogP contribution in [0.5, 0.6) is 0 Å². The molecule has 184 valence electrons. The van der Waals surface area contributed by atoms with Gasteiger partial charge in [0.15, 0.2) is 17.0 Å². The lowest BCUT2D eigenvalue weighted by atomic mass is 10.2. The summed E-state index contributed by atoms with van der Waals surface area (Å²) in [6.45, 7) is 18.7. The van der Waals surface area contributed by atoms with E-state index in [0.717, 1.165) is 68.0 Å². The number of hydrogen-bond donors (Lipinski definition) is 1. The molecule has 0 atom stereocenters. The Morgan fingerprint density at radius 1 is 0.912 bits per heavy atom. The molecule has 1 aliphatic heterocycles. The SMILES string of the molecule is CC(C)N(CCNc1ncnc2c1nc(N1CCN(c3ccccn3)CC1)n2C(C)C)C(C)C. The van der Waals surface area contributed by atoms with Gasteiger partial charge in [0.25, 0.3) is 0 Å². The van der Waals surface area contributed by atoms with Crippen LogP contribution >= 0.6 is 0 Å². The van der Waals surface area contributed by atoms with Crippen LogP contribution in [0.2, 0.25) is 0 Å². The average molecular weight is 466 g/mol. The van der Waals surface area contributed by atoms with E-state index < -0.39 is 0 Å². The van der Waals surface area contributed by atoms with Crippen molar-refractivity contribution in [2.75, 3.05) is 54.4 Å². The zero-order chi connectivity index (χ0) is 24.2. The summed E-state index contributed by atoms with van der Waals surface area (Å²) in [6.07, 6.45) is 3.51. The van der Waals surface area contributed by atoms with Crippen LogP contribution in [0.3, 0.4) is 0 Å². The van der Waals surface area contributed by atoms with Gasteiger partial charge >= 0.3 is 0 Å². The second-order valence-corrected chi connectivity index (χ2v) is 9.78. The van der Waals surface area contributed by atoms with Crippen LogP contribution in [0, 0.1) is 0 Å². The van der Waals surface area contributed by atoms with Crippen molar-refractivity contribution in [1.29, 1.82) is 0 Å². The van der Waals surface area contributed by atoms with Crippen LogP contribution in [-0.4, -0.2) is 80.8 Å². The number of hydrogen-bond acceptors (Lipinski definition) is 8. The Morgan fingerprint density at radius 2 is 1.62 bits per heavy atom. The maximum Gasteiger partial charge on any atom is 0.208 e. The van der Waals surface area contributed by atoms with Crippen molar-refractivity contribution in [2.45, 2.75) is 59.7 Å². The van der Waals surface area contributed by atoms with Gasteiger partial charge < -0.3 is 15.1 Å². The van der Waals surface area contributed by atoms with Gasteiger partial charge in [0.2, 0.25) is 5.95 Å². The number of fused-ring (bicyclic) bond motifs is 1. The fourth-order valence-electron chi connectivity index (χ4n) is 4.82. The molecule has 0 saturated carbocycles. The normalized spacial score (nSPS) is 14.9. The highest BCUT2D eigenvalue weighted by Crippen LogP contribution is 2.29. The first kappa shape index (κ1) is 24.2. The zero-order valence-electron chi connectivity index (χ0n) is 21.4. The molecule has 3 aromatic rings. The first-order valence-electron chi connectivity index (χ1n) is 12.5. The molecule has 0 unspecified atom stereocenters. The molecule has 0 aromatic carbocycles. The molecular weight excluding hydrogens is 426 g/mol. The summed E-state index contributed by atoms with van der Waals surface area (Å²) in [6, 6.07) is 7.33. The lowest BCUT2D eigenvalue weighted by Gasteiger charge is -2.36. The average Bonchev–Trinajstić information content (AvgIpc) is 3.23. The van der Waals surface area contributed by atoms with Crippen molar-refractivity contribution in [1.82, 2.24) is 29.4 Å². The summed E-state index contributed by atoms with van der Waals surface area (Å²) < 4.78 is 2.24. The summed E-state index contributed by atoms with van der Waals surface area (Å²) in [4.78, 5) is 25.9. The predicted octanol–water partition coefficient (Wildman–Crippen LogP) is 3.66. The summed E-state index contributed by atoms with van der Waals surface area (Å²) in [5.74, 6) is 2.82. The van der Waals surface area contributed by atoms with Gasteiger partial charge in [-0.15, -0.1) is 0 Å². The summed E-state index contributed by atoms with van der Waals surface area (Å²) in [7, 11) is 0. The van der Waals surface area contributed by atoms with E-state index in [9.17, 15) is 0 Å². The van der Waals surface area contributed by atoms with Crippen LogP contribution in [0.15, 0.2) is 30.7 Å². The Bertz CT molecular complexity index is 1040. The van der Waals surface area contributed by atoms with Crippen LogP contribution in [0.1, 0.15) is 47.6 Å². The Kier molecular flexibility index (Phi) is 7.50. The zero-order valence-corrected chi connectivity index (χ0v) is 21.4. The van der Waals surface area contributed by atoms with Gasteiger partial charge in [-0.05, 0) is 53.7 Å². The van der Waals surface area contributed by atoms with E-state index in [2.05, 4.69) is 87.1 Å². The maximum atomic E-state index is 5.08. The van der Waals surface area contributed by atoms with E-state index in [-0.39, 0.29) is 6.04 Å². The van der Waals surface area contributed by atoms with Crippen LogP contribution in [-0.2, 0) is 0 Å². The Labute approximate surface area is 203 Å². The first-order valence-corrected chi connectivity index (χ1v) is 12.5. The number of imidazole rings is 1. The molecule has 1 saturated heterocycles. The fraction of sp³-hybridized carbons (Fsp3) is 0.600. The topological polar surface area (TPSA) is 78.2 Å². The smallest absolute Gasteiger partial charge is 0.208 e. The predicted molar refractivity (Wildman–Crippen MR) is 140 cm³/mol. The van der Waals surface area contributed by atoms with Crippen LogP contribution in [0.25, 0.3) is 11.2 Å². The molecule has 1 N–H and O–H groups in total. The number of rotatable bonds is 9. The fourth-order valence-corrected chi connectivity index (χ4v) is 4.82. The first-order chi connectivity index (χ1) is 16.4. The molecule has 4 heterocycles. The molecular formula is C25H39N9. The standard InChI is InChI=1S/C25H39N9/c1-18(2)33(19(3)4)12-11-27-23-22-24(29-17-28-23)34(20(5)6)25(30-22)32-15-13-31(14-16-32)21-9-7-8-10-26-21/h7-10,17-20H,11-16H2,1-6H3,(H,27,28,29). The highest BCUT2D eigenvalue weighted by atomic mass is 15.4. The summed E-state index contributed by atoms with van der Waals surface area (Å²) >= 11 is 0. The minimum atomic E-state index is 0.244. The molecule has 0 aliphatic carbocycles. The van der Waals surface area contributed by atoms with Gasteiger partial charge in [0, 0.05) is 63.6 Å². The monoisotopic (exact) mass is 465 g/mol. The Balaban J connectivity index is 1.53. The third-order valence-corrected chi connectivity index (χ3v) is 6.50. The molecule has 0 radical (unpaired) electrons. The van der Waals surface area contributed by atoms with Crippen molar-refractivity contribution in [3.05, 3.63) is 30.7 Å². The molecule has 0 amide bonds. The van der Waals surface area contributed by atoms with E-state index in [4.69, 9.17) is 4.98 Å². The van der Waals surface area contributed by atoms with Crippen LogP contribution in [0.4, 0.5) is 17.6 Å². The van der Waals surface area contributed by atoms with E-state index >= 15 is 0 Å². The molecule has 9 nitrogen and oxygen atoms in total. The van der Waals surface area contributed by atoms with Crippen molar-refractivity contribution in [3.8, 4) is 0 Å². The van der Waals surface area contributed by atoms with Crippen molar-refractivity contribution >= 4 is 28.7 Å². The van der Waals surface area contributed by atoms with E-state index in [0.29, 0.717) is 12.1 Å².